The molecule has 4 aromatic rings. The van der Waals surface area contributed by atoms with Crippen LogP contribution in [-0.4, -0.2) is 58.3 Å². The molecule has 0 saturated carbocycles. The van der Waals surface area contributed by atoms with Crippen molar-refractivity contribution in [3.05, 3.63) is 58.0 Å². The zero-order chi connectivity index (χ0) is 21.5. The minimum absolute atomic E-state index is 0.0441. The van der Waals surface area contributed by atoms with Gasteiger partial charge in [0.05, 0.1) is 7.11 Å². The average Bonchev–Trinajstić information content (AvgIpc) is 3.39. The number of rotatable bonds is 4. The maximum atomic E-state index is 13.0. The van der Waals surface area contributed by atoms with Crippen LogP contribution in [0.1, 0.15) is 5.82 Å². The van der Waals surface area contributed by atoms with Crippen LogP contribution in [0, 0.1) is 6.92 Å². The average molecular weight is 438 g/mol. The first-order valence-electron chi connectivity index (χ1n) is 10.2. The highest BCUT2D eigenvalue weighted by molar-refractivity contribution is 7.16. The van der Waals surface area contributed by atoms with Crippen LogP contribution >= 0.6 is 11.3 Å². The standard InChI is InChI=1S/C22H23N5O3S/c1-15-23-26(21(29)19-13-16-7-12-31-22(16)27(15)19)14-20(28)25-10-8-24(9-11-25)17-3-5-18(30-2)6-4-17/h3-7,12-13H,8-11,14H2,1-2H3. The van der Waals surface area contributed by atoms with E-state index in [-0.39, 0.29) is 18.0 Å². The second-order valence-electron chi connectivity index (χ2n) is 7.62. The number of carbonyl (C=O) groups excluding carboxylic acids is 1. The molecule has 1 saturated heterocycles. The normalized spacial score (nSPS) is 14.5. The molecule has 8 nitrogen and oxygen atoms in total. The Morgan fingerprint density at radius 1 is 1.13 bits per heavy atom. The van der Waals surface area contributed by atoms with Crippen LogP contribution in [0.4, 0.5) is 5.69 Å². The van der Waals surface area contributed by atoms with Crippen LogP contribution in [0.5, 0.6) is 5.75 Å². The number of carbonyl (C=O) groups is 1. The van der Waals surface area contributed by atoms with Crippen molar-refractivity contribution in [2.75, 3.05) is 38.2 Å². The number of nitrogens with zero attached hydrogens (tertiary/aromatic N) is 5. The number of methoxy groups -OCH3 is 1. The first-order valence-corrected chi connectivity index (χ1v) is 11.1. The number of benzene rings is 1. The molecular formula is C22H23N5O3S. The van der Waals surface area contributed by atoms with E-state index in [9.17, 15) is 9.59 Å². The molecule has 31 heavy (non-hydrogen) atoms. The highest BCUT2D eigenvalue weighted by Gasteiger charge is 2.23. The SMILES string of the molecule is COc1ccc(N2CCN(C(=O)Cn3nc(C)n4c(cc5ccsc54)c3=O)CC2)cc1. The van der Waals surface area contributed by atoms with Gasteiger partial charge in [0.15, 0.2) is 0 Å². The fraction of sp³-hybridized carbons (Fsp3) is 0.318. The van der Waals surface area contributed by atoms with Crippen LogP contribution in [0.15, 0.2) is 46.6 Å². The third kappa shape index (κ3) is 3.44. The smallest absolute Gasteiger partial charge is 0.291 e. The minimum atomic E-state index is -0.237. The fourth-order valence-electron chi connectivity index (χ4n) is 4.14. The molecule has 0 bridgehead atoms. The molecular weight excluding hydrogens is 414 g/mol. The Labute approximate surface area is 182 Å². The van der Waals surface area contributed by atoms with Crippen LogP contribution in [-0.2, 0) is 11.3 Å². The molecule has 160 valence electrons. The number of amides is 1. The molecule has 4 heterocycles. The summed E-state index contributed by atoms with van der Waals surface area (Å²) in [6.45, 7) is 4.53. The topological polar surface area (TPSA) is 72.1 Å². The summed E-state index contributed by atoms with van der Waals surface area (Å²) in [5, 5.41) is 7.44. The largest absolute Gasteiger partial charge is 0.497 e. The molecule has 0 radical (unpaired) electrons. The van der Waals surface area contributed by atoms with E-state index >= 15 is 0 Å². The Balaban J connectivity index is 1.30. The van der Waals surface area contributed by atoms with Crippen molar-refractivity contribution in [3.63, 3.8) is 0 Å². The lowest BCUT2D eigenvalue weighted by atomic mass is 10.2. The number of ether oxygens (including phenoxy) is 1. The van der Waals surface area contributed by atoms with Gasteiger partial charge in [-0.25, -0.2) is 4.68 Å². The molecule has 3 aromatic heterocycles. The lowest BCUT2D eigenvalue weighted by Gasteiger charge is -2.36. The summed E-state index contributed by atoms with van der Waals surface area (Å²) in [7, 11) is 1.65. The number of anilines is 1. The highest BCUT2D eigenvalue weighted by atomic mass is 32.1. The third-order valence-corrected chi connectivity index (χ3v) is 6.72. The fourth-order valence-corrected chi connectivity index (χ4v) is 5.08. The summed E-state index contributed by atoms with van der Waals surface area (Å²) in [5.74, 6) is 1.44. The summed E-state index contributed by atoms with van der Waals surface area (Å²) in [5.41, 5.74) is 1.44. The molecule has 1 aliphatic rings. The minimum Gasteiger partial charge on any atom is -0.497 e. The van der Waals surface area contributed by atoms with Crippen molar-refractivity contribution in [3.8, 4) is 5.75 Å². The van der Waals surface area contributed by atoms with Gasteiger partial charge in [-0.1, -0.05) is 0 Å². The van der Waals surface area contributed by atoms with E-state index in [4.69, 9.17) is 4.74 Å². The number of piperazine rings is 1. The van der Waals surface area contributed by atoms with Crippen LogP contribution < -0.4 is 15.2 Å². The van der Waals surface area contributed by atoms with Crippen LogP contribution in [0.3, 0.4) is 0 Å². The van der Waals surface area contributed by atoms with Gasteiger partial charge in [0.25, 0.3) is 5.56 Å². The highest BCUT2D eigenvalue weighted by Crippen LogP contribution is 2.24. The van der Waals surface area contributed by atoms with Gasteiger partial charge < -0.3 is 14.5 Å². The Kier molecular flexibility index (Phi) is 4.90. The molecule has 1 aliphatic heterocycles. The summed E-state index contributed by atoms with van der Waals surface area (Å²) < 4.78 is 8.38. The molecule has 1 fully saturated rings. The van der Waals surface area contributed by atoms with E-state index in [1.165, 1.54) is 4.68 Å². The molecule has 0 aliphatic carbocycles. The number of hydrogen-bond acceptors (Lipinski definition) is 6. The van der Waals surface area contributed by atoms with Gasteiger partial charge in [-0.2, -0.15) is 5.10 Å². The number of hydrogen-bond donors (Lipinski definition) is 0. The second-order valence-corrected chi connectivity index (χ2v) is 8.52. The summed E-state index contributed by atoms with van der Waals surface area (Å²) in [6.07, 6.45) is 0. The van der Waals surface area contributed by atoms with Gasteiger partial charge in [0.1, 0.15) is 28.5 Å². The Bertz CT molecular complexity index is 1310. The van der Waals surface area contributed by atoms with E-state index < -0.39 is 0 Å². The van der Waals surface area contributed by atoms with Crippen molar-refractivity contribution in [2.45, 2.75) is 13.5 Å². The zero-order valence-corrected chi connectivity index (χ0v) is 18.3. The van der Waals surface area contributed by atoms with Crippen molar-refractivity contribution in [1.82, 2.24) is 19.1 Å². The van der Waals surface area contributed by atoms with Gasteiger partial charge in [-0.05, 0) is 48.7 Å². The molecule has 1 aromatic carbocycles. The van der Waals surface area contributed by atoms with E-state index in [0.29, 0.717) is 24.4 Å². The lowest BCUT2D eigenvalue weighted by Crippen LogP contribution is -2.50. The molecule has 0 unspecified atom stereocenters. The maximum Gasteiger partial charge on any atom is 0.291 e. The second kappa shape index (κ2) is 7.73. The molecule has 1 amide bonds. The van der Waals surface area contributed by atoms with Gasteiger partial charge in [0, 0.05) is 37.3 Å². The van der Waals surface area contributed by atoms with Gasteiger partial charge >= 0.3 is 0 Å². The molecule has 0 atom stereocenters. The van der Waals surface area contributed by atoms with E-state index in [0.717, 1.165) is 34.7 Å². The Morgan fingerprint density at radius 2 is 1.87 bits per heavy atom. The maximum absolute atomic E-state index is 13.0. The third-order valence-electron chi connectivity index (χ3n) is 5.81. The van der Waals surface area contributed by atoms with Crippen molar-refractivity contribution < 1.29 is 9.53 Å². The van der Waals surface area contributed by atoms with E-state index in [2.05, 4.69) is 10.00 Å². The van der Waals surface area contributed by atoms with Crippen molar-refractivity contribution in [2.24, 2.45) is 0 Å². The van der Waals surface area contributed by atoms with Crippen LogP contribution in [0.2, 0.25) is 0 Å². The molecule has 0 spiro atoms. The number of aromatic nitrogens is 3. The van der Waals surface area contributed by atoms with E-state index in [1.807, 2.05) is 58.0 Å². The monoisotopic (exact) mass is 437 g/mol. The van der Waals surface area contributed by atoms with Gasteiger partial charge in [-0.3, -0.25) is 14.0 Å². The predicted octanol–water partition coefficient (Wildman–Crippen LogP) is 2.38. The first-order chi connectivity index (χ1) is 15.0. The molecule has 5 rings (SSSR count). The number of thiophene rings is 1. The molecule has 9 heteroatoms. The van der Waals surface area contributed by atoms with Gasteiger partial charge in [-0.15, -0.1) is 11.3 Å². The lowest BCUT2D eigenvalue weighted by molar-refractivity contribution is -0.132. The zero-order valence-electron chi connectivity index (χ0n) is 17.4. The van der Waals surface area contributed by atoms with Crippen LogP contribution in [0.25, 0.3) is 15.7 Å². The Morgan fingerprint density at radius 3 is 2.58 bits per heavy atom. The quantitative estimate of drug-likeness (QED) is 0.490. The Hall–Kier alpha value is -3.33. The number of fused-ring (bicyclic) bond motifs is 3. The van der Waals surface area contributed by atoms with Crippen molar-refractivity contribution in [1.29, 1.82) is 0 Å². The summed E-state index contributed by atoms with van der Waals surface area (Å²) in [4.78, 5) is 30.9. The number of aryl methyl sites for hydroxylation is 1. The van der Waals surface area contributed by atoms with Gasteiger partial charge in [0.2, 0.25) is 5.91 Å². The first kappa shape index (κ1) is 19.6. The predicted molar refractivity (Wildman–Crippen MR) is 121 cm³/mol. The van der Waals surface area contributed by atoms with E-state index in [1.54, 1.807) is 18.4 Å². The summed E-state index contributed by atoms with van der Waals surface area (Å²) in [6, 6.07) is 11.8. The summed E-state index contributed by atoms with van der Waals surface area (Å²) >= 11 is 1.58. The molecule has 0 N–H and O–H groups in total. The van der Waals surface area contributed by atoms with Crippen molar-refractivity contribution >= 4 is 38.7 Å².